The molecule has 1 saturated heterocycles. The van der Waals surface area contributed by atoms with Crippen molar-refractivity contribution in [2.75, 3.05) is 32.8 Å². The lowest BCUT2D eigenvalue weighted by atomic mass is 10.0. The van der Waals surface area contributed by atoms with Gasteiger partial charge in [-0.1, -0.05) is 48.5 Å². The lowest BCUT2D eigenvalue weighted by Crippen LogP contribution is -2.43. The molecule has 3 aromatic rings. The standard InChI is InChI=1S/C22H25N3O2/c1-24-15-19(18-9-5-6-10-21(18)24)22(26)23-20(17-7-3-2-4-8-17)16-25-11-13-27-14-12-25/h2-10,15,20H,11-14,16H2,1H3,(H,23,26). The molecule has 1 aromatic heterocycles. The highest BCUT2D eigenvalue weighted by Gasteiger charge is 2.22. The fourth-order valence-corrected chi connectivity index (χ4v) is 3.72. The number of hydrogen-bond acceptors (Lipinski definition) is 3. The van der Waals surface area contributed by atoms with Crippen LogP contribution < -0.4 is 5.32 Å². The number of carbonyl (C=O) groups is 1. The Bertz CT molecular complexity index is 914. The van der Waals surface area contributed by atoms with Crippen molar-refractivity contribution in [3.63, 3.8) is 0 Å². The molecule has 1 fully saturated rings. The lowest BCUT2D eigenvalue weighted by Gasteiger charge is -2.31. The first-order valence-corrected chi connectivity index (χ1v) is 9.42. The Kier molecular flexibility index (Phi) is 5.23. The molecule has 1 aliphatic rings. The van der Waals surface area contributed by atoms with Crippen LogP contribution in [0.3, 0.4) is 0 Å². The molecule has 2 heterocycles. The molecule has 1 N–H and O–H groups in total. The third-order valence-electron chi connectivity index (χ3n) is 5.19. The van der Waals surface area contributed by atoms with Crippen LogP contribution in [0, 0.1) is 0 Å². The second-order valence-electron chi connectivity index (χ2n) is 7.02. The van der Waals surface area contributed by atoms with E-state index in [9.17, 15) is 4.79 Å². The van der Waals surface area contributed by atoms with Crippen LogP contribution in [-0.2, 0) is 11.8 Å². The molecule has 1 atom stereocenters. The molecule has 27 heavy (non-hydrogen) atoms. The van der Waals surface area contributed by atoms with E-state index in [2.05, 4.69) is 22.3 Å². The van der Waals surface area contributed by atoms with Crippen molar-refractivity contribution in [2.45, 2.75) is 6.04 Å². The number of benzene rings is 2. The Labute approximate surface area is 159 Å². The summed E-state index contributed by atoms with van der Waals surface area (Å²) < 4.78 is 7.46. The van der Waals surface area contributed by atoms with Gasteiger partial charge in [-0.2, -0.15) is 0 Å². The van der Waals surface area contributed by atoms with E-state index < -0.39 is 0 Å². The van der Waals surface area contributed by atoms with Gasteiger partial charge in [0, 0.05) is 43.8 Å². The summed E-state index contributed by atoms with van der Waals surface area (Å²) in [5.74, 6) is -0.0334. The summed E-state index contributed by atoms with van der Waals surface area (Å²) in [7, 11) is 1.97. The molecule has 1 aliphatic heterocycles. The van der Waals surface area contributed by atoms with Crippen molar-refractivity contribution in [2.24, 2.45) is 7.05 Å². The van der Waals surface area contributed by atoms with E-state index >= 15 is 0 Å². The van der Waals surface area contributed by atoms with Crippen LogP contribution in [0.2, 0.25) is 0 Å². The van der Waals surface area contributed by atoms with Crippen LogP contribution in [0.25, 0.3) is 10.9 Å². The van der Waals surface area contributed by atoms with E-state index in [4.69, 9.17) is 4.74 Å². The largest absolute Gasteiger partial charge is 0.379 e. The first-order chi connectivity index (χ1) is 13.2. The molecular formula is C22H25N3O2. The van der Waals surface area contributed by atoms with Crippen LogP contribution in [0.4, 0.5) is 0 Å². The van der Waals surface area contributed by atoms with Crippen molar-refractivity contribution in [3.8, 4) is 0 Å². The molecule has 1 unspecified atom stereocenters. The predicted molar refractivity (Wildman–Crippen MR) is 107 cm³/mol. The molecule has 2 aromatic carbocycles. The number of para-hydroxylation sites is 1. The normalized spacial score (nSPS) is 16.3. The van der Waals surface area contributed by atoms with Crippen molar-refractivity contribution < 1.29 is 9.53 Å². The van der Waals surface area contributed by atoms with E-state index in [1.54, 1.807) is 0 Å². The zero-order valence-electron chi connectivity index (χ0n) is 15.6. The average molecular weight is 363 g/mol. The number of carbonyl (C=O) groups excluding carboxylic acids is 1. The number of aromatic nitrogens is 1. The van der Waals surface area contributed by atoms with Crippen LogP contribution in [0.15, 0.2) is 60.8 Å². The number of nitrogens with zero attached hydrogens (tertiary/aromatic N) is 2. The van der Waals surface area contributed by atoms with Gasteiger partial charge in [0.25, 0.3) is 5.91 Å². The molecule has 0 aliphatic carbocycles. The van der Waals surface area contributed by atoms with Crippen molar-refractivity contribution >= 4 is 16.8 Å². The average Bonchev–Trinajstić information content (AvgIpc) is 3.06. The van der Waals surface area contributed by atoms with Crippen LogP contribution in [0.5, 0.6) is 0 Å². The molecule has 5 heteroatoms. The maximum atomic E-state index is 13.1. The van der Waals surface area contributed by atoms with Gasteiger partial charge < -0.3 is 14.6 Å². The number of fused-ring (bicyclic) bond motifs is 1. The Morgan fingerprint density at radius 1 is 1.07 bits per heavy atom. The number of rotatable bonds is 5. The number of amides is 1. The van der Waals surface area contributed by atoms with E-state index in [0.29, 0.717) is 0 Å². The van der Waals surface area contributed by atoms with Gasteiger partial charge in [0.1, 0.15) is 0 Å². The van der Waals surface area contributed by atoms with Gasteiger partial charge in [0.15, 0.2) is 0 Å². The van der Waals surface area contributed by atoms with Gasteiger partial charge in [0.2, 0.25) is 0 Å². The first kappa shape index (κ1) is 17.8. The molecule has 0 spiro atoms. The summed E-state index contributed by atoms with van der Waals surface area (Å²) in [4.78, 5) is 15.5. The quantitative estimate of drug-likeness (QED) is 0.758. The van der Waals surface area contributed by atoms with Gasteiger partial charge in [-0.05, 0) is 11.6 Å². The minimum atomic E-state index is -0.0595. The Morgan fingerprint density at radius 3 is 2.56 bits per heavy atom. The summed E-state index contributed by atoms with van der Waals surface area (Å²) in [5.41, 5.74) is 2.90. The molecule has 0 radical (unpaired) electrons. The maximum Gasteiger partial charge on any atom is 0.253 e. The highest BCUT2D eigenvalue weighted by atomic mass is 16.5. The van der Waals surface area contributed by atoms with Gasteiger partial charge in [0.05, 0.1) is 24.8 Å². The highest BCUT2D eigenvalue weighted by molar-refractivity contribution is 6.07. The third-order valence-corrected chi connectivity index (χ3v) is 5.19. The maximum absolute atomic E-state index is 13.1. The van der Waals surface area contributed by atoms with Crippen LogP contribution in [-0.4, -0.2) is 48.2 Å². The summed E-state index contributed by atoms with van der Waals surface area (Å²) in [5, 5.41) is 4.25. The highest BCUT2D eigenvalue weighted by Crippen LogP contribution is 2.22. The van der Waals surface area contributed by atoms with E-state index in [1.165, 1.54) is 0 Å². The van der Waals surface area contributed by atoms with Crippen molar-refractivity contribution in [3.05, 3.63) is 71.9 Å². The molecule has 4 rings (SSSR count). The molecular weight excluding hydrogens is 338 g/mol. The summed E-state index contributed by atoms with van der Waals surface area (Å²) >= 11 is 0. The number of hydrogen-bond donors (Lipinski definition) is 1. The Morgan fingerprint density at radius 2 is 1.78 bits per heavy atom. The van der Waals surface area contributed by atoms with Crippen LogP contribution >= 0.6 is 0 Å². The zero-order chi connectivity index (χ0) is 18.6. The predicted octanol–water partition coefficient (Wildman–Crippen LogP) is 2.98. The lowest BCUT2D eigenvalue weighted by molar-refractivity contribution is 0.0332. The fraction of sp³-hybridized carbons (Fsp3) is 0.318. The SMILES string of the molecule is Cn1cc(C(=O)NC(CN2CCOCC2)c2ccccc2)c2ccccc21. The Hall–Kier alpha value is -2.63. The molecule has 5 nitrogen and oxygen atoms in total. The van der Waals surface area contributed by atoms with Gasteiger partial charge in [-0.3, -0.25) is 9.69 Å². The van der Waals surface area contributed by atoms with E-state index in [1.807, 2.05) is 60.3 Å². The number of nitrogens with one attached hydrogen (secondary N) is 1. The van der Waals surface area contributed by atoms with E-state index in [-0.39, 0.29) is 11.9 Å². The zero-order valence-corrected chi connectivity index (χ0v) is 15.6. The molecule has 0 saturated carbocycles. The topological polar surface area (TPSA) is 46.5 Å². The monoisotopic (exact) mass is 363 g/mol. The minimum absolute atomic E-state index is 0.0334. The van der Waals surface area contributed by atoms with E-state index in [0.717, 1.165) is 54.9 Å². The Balaban J connectivity index is 1.59. The second kappa shape index (κ2) is 7.94. The minimum Gasteiger partial charge on any atom is -0.379 e. The fourth-order valence-electron chi connectivity index (χ4n) is 3.72. The number of morpholine rings is 1. The van der Waals surface area contributed by atoms with Crippen molar-refractivity contribution in [1.29, 1.82) is 0 Å². The van der Waals surface area contributed by atoms with Gasteiger partial charge in [-0.25, -0.2) is 0 Å². The summed E-state index contributed by atoms with van der Waals surface area (Å²) in [6, 6.07) is 18.1. The third kappa shape index (κ3) is 3.89. The number of aryl methyl sites for hydroxylation is 1. The smallest absolute Gasteiger partial charge is 0.253 e. The van der Waals surface area contributed by atoms with Gasteiger partial charge >= 0.3 is 0 Å². The first-order valence-electron chi connectivity index (χ1n) is 9.42. The summed E-state index contributed by atoms with van der Waals surface area (Å²) in [6.45, 7) is 4.07. The molecule has 1 amide bonds. The van der Waals surface area contributed by atoms with Gasteiger partial charge in [-0.15, -0.1) is 0 Å². The molecule has 140 valence electrons. The number of ether oxygens (including phenoxy) is 1. The molecule has 0 bridgehead atoms. The van der Waals surface area contributed by atoms with Crippen molar-refractivity contribution in [1.82, 2.24) is 14.8 Å². The summed E-state index contributed by atoms with van der Waals surface area (Å²) in [6.07, 6.45) is 1.91. The van der Waals surface area contributed by atoms with Crippen LogP contribution in [0.1, 0.15) is 22.0 Å². The second-order valence-corrected chi connectivity index (χ2v) is 7.02.